The highest BCUT2D eigenvalue weighted by Gasteiger charge is 2.15. The van der Waals surface area contributed by atoms with Crippen molar-refractivity contribution in [2.45, 2.75) is 12.8 Å². The van der Waals surface area contributed by atoms with Crippen LogP contribution in [0.5, 0.6) is 23.0 Å². The summed E-state index contributed by atoms with van der Waals surface area (Å²) in [6, 6.07) is 8.46. The first kappa shape index (κ1) is 19.2. The summed E-state index contributed by atoms with van der Waals surface area (Å²) >= 11 is 11.9. The van der Waals surface area contributed by atoms with Crippen LogP contribution in [0.2, 0.25) is 10.0 Å². The number of methoxy groups -OCH3 is 3. The highest BCUT2D eigenvalue weighted by molar-refractivity contribution is 6.43. The molecule has 0 aliphatic heterocycles. The zero-order valence-electron chi connectivity index (χ0n) is 14.1. The van der Waals surface area contributed by atoms with E-state index in [1.54, 1.807) is 30.3 Å². The molecule has 0 amide bonds. The summed E-state index contributed by atoms with van der Waals surface area (Å²) in [6.45, 7) is 0. The lowest BCUT2D eigenvalue weighted by molar-refractivity contribution is -0.134. The van der Waals surface area contributed by atoms with Gasteiger partial charge in [0.1, 0.15) is 5.02 Å². The van der Waals surface area contributed by atoms with Gasteiger partial charge in [-0.15, -0.1) is 0 Å². The molecule has 0 bridgehead atoms. The van der Waals surface area contributed by atoms with Crippen LogP contribution in [0.4, 0.5) is 0 Å². The number of carbonyl (C=O) groups is 1. The fourth-order valence-electron chi connectivity index (χ4n) is 2.26. The number of halogens is 2. The van der Waals surface area contributed by atoms with E-state index in [1.807, 2.05) is 0 Å². The van der Waals surface area contributed by atoms with Crippen molar-refractivity contribution in [1.29, 1.82) is 0 Å². The Morgan fingerprint density at radius 1 is 0.960 bits per heavy atom. The largest absolute Gasteiger partial charge is 0.493 e. The Morgan fingerprint density at radius 2 is 1.60 bits per heavy atom. The average Bonchev–Trinajstić information content (AvgIpc) is 2.62. The van der Waals surface area contributed by atoms with Crippen molar-refractivity contribution in [3.8, 4) is 23.0 Å². The SMILES string of the molecule is COc1cc(CCC(=O)Oc2cccc(Cl)c2Cl)cc(OC)c1OC. The van der Waals surface area contributed by atoms with Crippen molar-refractivity contribution >= 4 is 29.2 Å². The molecule has 7 heteroatoms. The molecule has 0 N–H and O–H groups in total. The van der Waals surface area contributed by atoms with Crippen LogP contribution in [0.1, 0.15) is 12.0 Å². The normalized spacial score (nSPS) is 10.3. The molecule has 0 aliphatic rings. The third-order valence-corrected chi connectivity index (χ3v) is 4.28. The number of ether oxygens (including phenoxy) is 4. The van der Waals surface area contributed by atoms with Crippen LogP contribution in [-0.2, 0) is 11.2 Å². The van der Waals surface area contributed by atoms with Gasteiger partial charge >= 0.3 is 5.97 Å². The van der Waals surface area contributed by atoms with Gasteiger partial charge in [0.2, 0.25) is 5.75 Å². The van der Waals surface area contributed by atoms with Crippen molar-refractivity contribution in [2.24, 2.45) is 0 Å². The van der Waals surface area contributed by atoms with Crippen molar-refractivity contribution in [3.05, 3.63) is 45.9 Å². The molecule has 0 fully saturated rings. The summed E-state index contributed by atoms with van der Waals surface area (Å²) in [4.78, 5) is 12.1. The first-order valence-corrected chi connectivity index (χ1v) is 8.19. The second kappa shape index (κ2) is 8.83. The van der Waals surface area contributed by atoms with Gasteiger partial charge in [0, 0.05) is 6.42 Å². The van der Waals surface area contributed by atoms with E-state index >= 15 is 0 Å². The lowest BCUT2D eigenvalue weighted by Crippen LogP contribution is -2.09. The second-order valence-electron chi connectivity index (χ2n) is 5.06. The van der Waals surface area contributed by atoms with Crippen molar-refractivity contribution in [2.75, 3.05) is 21.3 Å². The van der Waals surface area contributed by atoms with E-state index in [-0.39, 0.29) is 17.2 Å². The summed E-state index contributed by atoms with van der Waals surface area (Å²) in [5, 5.41) is 0.543. The Bertz CT molecular complexity index is 736. The van der Waals surface area contributed by atoms with Crippen LogP contribution < -0.4 is 18.9 Å². The van der Waals surface area contributed by atoms with Crippen LogP contribution in [0.3, 0.4) is 0 Å². The number of carbonyl (C=O) groups excluding carboxylic acids is 1. The Labute approximate surface area is 156 Å². The smallest absolute Gasteiger partial charge is 0.311 e. The van der Waals surface area contributed by atoms with Crippen molar-refractivity contribution in [1.82, 2.24) is 0 Å². The van der Waals surface area contributed by atoms with E-state index in [9.17, 15) is 4.79 Å². The minimum atomic E-state index is -0.419. The van der Waals surface area contributed by atoms with Gasteiger partial charge < -0.3 is 18.9 Å². The van der Waals surface area contributed by atoms with Crippen LogP contribution in [0, 0.1) is 0 Å². The fraction of sp³-hybridized carbons (Fsp3) is 0.278. The van der Waals surface area contributed by atoms with Gasteiger partial charge in [0.15, 0.2) is 17.2 Å². The number of benzene rings is 2. The Kier molecular flexibility index (Phi) is 6.79. The Hall–Kier alpha value is -2.11. The third kappa shape index (κ3) is 4.71. The maximum absolute atomic E-state index is 12.1. The van der Waals surface area contributed by atoms with Gasteiger partial charge in [-0.3, -0.25) is 4.79 Å². The summed E-state index contributed by atoms with van der Waals surface area (Å²) in [5.74, 6) is 1.38. The molecule has 0 aromatic heterocycles. The van der Waals surface area contributed by atoms with Crippen molar-refractivity contribution < 1.29 is 23.7 Å². The highest BCUT2D eigenvalue weighted by atomic mass is 35.5. The Morgan fingerprint density at radius 3 is 2.16 bits per heavy atom. The minimum absolute atomic E-state index is 0.154. The van der Waals surface area contributed by atoms with Gasteiger partial charge in [-0.2, -0.15) is 0 Å². The molecule has 0 aliphatic carbocycles. The zero-order valence-corrected chi connectivity index (χ0v) is 15.6. The molecule has 0 unspecified atom stereocenters. The van der Waals surface area contributed by atoms with Crippen LogP contribution >= 0.6 is 23.2 Å². The molecule has 0 heterocycles. The van der Waals surface area contributed by atoms with Crippen LogP contribution in [0.25, 0.3) is 0 Å². The monoisotopic (exact) mass is 384 g/mol. The standard InChI is InChI=1S/C18H18Cl2O5/c1-22-14-9-11(10-15(23-2)18(14)24-3)7-8-16(21)25-13-6-4-5-12(19)17(13)20/h4-6,9-10H,7-8H2,1-3H3. The molecule has 2 aromatic carbocycles. The molecule has 134 valence electrons. The number of hydrogen-bond donors (Lipinski definition) is 0. The highest BCUT2D eigenvalue weighted by Crippen LogP contribution is 2.38. The Balaban J connectivity index is 2.08. The van der Waals surface area contributed by atoms with Gasteiger partial charge in [-0.25, -0.2) is 0 Å². The number of esters is 1. The number of hydrogen-bond acceptors (Lipinski definition) is 5. The predicted molar refractivity (Wildman–Crippen MR) is 96.5 cm³/mol. The number of rotatable bonds is 7. The molecule has 0 saturated carbocycles. The fourth-order valence-corrected chi connectivity index (χ4v) is 2.59. The van der Waals surface area contributed by atoms with Crippen LogP contribution in [0.15, 0.2) is 30.3 Å². The average molecular weight is 385 g/mol. The first-order chi connectivity index (χ1) is 12.0. The molecular formula is C18H18Cl2O5. The summed E-state index contributed by atoms with van der Waals surface area (Å²) < 4.78 is 21.1. The van der Waals surface area contributed by atoms with Crippen molar-refractivity contribution in [3.63, 3.8) is 0 Å². The minimum Gasteiger partial charge on any atom is -0.493 e. The molecule has 25 heavy (non-hydrogen) atoms. The summed E-state index contributed by atoms with van der Waals surface area (Å²) in [5.41, 5.74) is 0.851. The molecule has 0 radical (unpaired) electrons. The number of aryl methyl sites for hydroxylation is 1. The molecule has 2 rings (SSSR count). The summed E-state index contributed by atoms with van der Waals surface area (Å²) in [6.07, 6.45) is 0.592. The zero-order chi connectivity index (χ0) is 18.4. The van der Waals surface area contributed by atoms with E-state index in [0.29, 0.717) is 28.7 Å². The van der Waals surface area contributed by atoms with E-state index in [2.05, 4.69) is 0 Å². The van der Waals surface area contributed by atoms with E-state index in [1.165, 1.54) is 21.3 Å². The molecule has 0 atom stereocenters. The maximum Gasteiger partial charge on any atom is 0.311 e. The quantitative estimate of drug-likeness (QED) is 0.517. The van der Waals surface area contributed by atoms with Gasteiger partial charge in [-0.05, 0) is 36.2 Å². The lowest BCUT2D eigenvalue weighted by Gasteiger charge is -2.14. The molecular weight excluding hydrogens is 367 g/mol. The molecule has 2 aromatic rings. The molecule has 5 nitrogen and oxygen atoms in total. The third-order valence-electron chi connectivity index (χ3n) is 3.48. The second-order valence-corrected chi connectivity index (χ2v) is 5.84. The molecule has 0 saturated heterocycles. The first-order valence-electron chi connectivity index (χ1n) is 7.43. The van der Waals surface area contributed by atoms with Gasteiger partial charge in [0.25, 0.3) is 0 Å². The molecule has 0 spiro atoms. The van der Waals surface area contributed by atoms with E-state index in [4.69, 9.17) is 42.1 Å². The van der Waals surface area contributed by atoms with E-state index in [0.717, 1.165) is 5.56 Å². The van der Waals surface area contributed by atoms with Gasteiger partial charge in [-0.1, -0.05) is 29.3 Å². The summed E-state index contributed by atoms with van der Waals surface area (Å²) in [7, 11) is 4.61. The van der Waals surface area contributed by atoms with Gasteiger partial charge in [0.05, 0.1) is 26.4 Å². The maximum atomic E-state index is 12.1. The van der Waals surface area contributed by atoms with E-state index < -0.39 is 5.97 Å². The predicted octanol–water partition coefficient (Wildman–Crippen LogP) is 4.56. The lowest BCUT2D eigenvalue weighted by atomic mass is 10.1. The van der Waals surface area contributed by atoms with Crippen LogP contribution in [-0.4, -0.2) is 27.3 Å². The topological polar surface area (TPSA) is 54.0 Å².